The van der Waals surface area contributed by atoms with Crippen LogP contribution in [-0.2, 0) is 11.3 Å². The van der Waals surface area contributed by atoms with Gasteiger partial charge in [-0.05, 0) is 30.7 Å². The molecule has 0 bridgehead atoms. The maximum atomic E-state index is 6.05. The van der Waals surface area contributed by atoms with Gasteiger partial charge in [-0.25, -0.2) is 0 Å². The van der Waals surface area contributed by atoms with Crippen molar-refractivity contribution in [2.45, 2.75) is 19.6 Å². The molecule has 130 valence electrons. The SMILES string of the molecule is COCc1nc(-c2ccc(OC(C)c3ccccc3)c(OC)c2)no1. The largest absolute Gasteiger partial charge is 0.493 e. The fourth-order valence-electron chi connectivity index (χ4n) is 2.44. The molecule has 1 atom stereocenters. The van der Waals surface area contributed by atoms with E-state index in [9.17, 15) is 0 Å². The Morgan fingerprint density at radius 3 is 2.56 bits per heavy atom. The molecule has 0 N–H and O–H groups in total. The molecule has 0 aliphatic rings. The highest BCUT2D eigenvalue weighted by atomic mass is 16.5. The monoisotopic (exact) mass is 340 g/mol. The van der Waals surface area contributed by atoms with Crippen LogP contribution in [0.25, 0.3) is 11.4 Å². The first-order valence-corrected chi connectivity index (χ1v) is 7.92. The summed E-state index contributed by atoms with van der Waals surface area (Å²) in [7, 11) is 3.18. The molecule has 0 aliphatic heterocycles. The molecular weight excluding hydrogens is 320 g/mol. The maximum Gasteiger partial charge on any atom is 0.252 e. The summed E-state index contributed by atoms with van der Waals surface area (Å²) in [5.74, 6) is 2.17. The lowest BCUT2D eigenvalue weighted by Crippen LogP contribution is -2.04. The van der Waals surface area contributed by atoms with Crippen LogP contribution in [0.1, 0.15) is 24.5 Å². The summed E-state index contributed by atoms with van der Waals surface area (Å²) in [6.45, 7) is 2.28. The van der Waals surface area contributed by atoms with Crippen LogP contribution in [0.3, 0.4) is 0 Å². The molecule has 1 heterocycles. The van der Waals surface area contributed by atoms with E-state index in [-0.39, 0.29) is 12.7 Å². The molecule has 2 aromatic carbocycles. The van der Waals surface area contributed by atoms with Gasteiger partial charge in [0.2, 0.25) is 5.82 Å². The Labute approximate surface area is 146 Å². The summed E-state index contributed by atoms with van der Waals surface area (Å²) >= 11 is 0. The lowest BCUT2D eigenvalue weighted by Gasteiger charge is -2.17. The van der Waals surface area contributed by atoms with E-state index >= 15 is 0 Å². The van der Waals surface area contributed by atoms with Crippen molar-refractivity contribution >= 4 is 0 Å². The minimum atomic E-state index is -0.0977. The second-order valence-electron chi connectivity index (χ2n) is 5.48. The smallest absolute Gasteiger partial charge is 0.252 e. The quantitative estimate of drug-likeness (QED) is 0.647. The molecule has 1 unspecified atom stereocenters. The minimum absolute atomic E-state index is 0.0977. The van der Waals surface area contributed by atoms with Gasteiger partial charge in [0.05, 0.1) is 7.11 Å². The van der Waals surface area contributed by atoms with Crippen LogP contribution in [0.15, 0.2) is 53.1 Å². The van der Waals surface area contributed by atoms with E-state index in [4.69, 9.17) is 18.7 Å². The third-order valence-electron chi connectivity index (χ3n) is 3.73. The van der Waals surface area contributed by atoms with Crippen molar-refractivity contribution in [3.63, 3.8) is 0 Å². The maximum absolute atomic E-state index is 6.05. The number of ether oxygens (including phenoxy) is 3. The zero-order valence-corrected chi connectivity index (χ0v) is 14.4. The Kier molecular flexibility index (Phi) is 5.30. The van der Waals surface area contributed by atoms with Gasteiger partial charge in [0, 0.05) is 12.7 Å². The van der Waals surface area contributed by atoms with Crippen molar-refractivity contribution < 1.29 is 18.7 Å². The van der Waals surface area contributed by atoms with Crippen LogP contribution in [-0.4, -0.2) is 24.4 Å². The lowest BCUT2D eigenvalue weighted by molar-refractivity contribution is 0.151. The number of methoxy groups -OCH3 is 2. The first kappa shape index (κ1) is 17.0. The van der Waals surface area contributed by atoms with Crippen LogP contribution >= 0.6 is 0 Å². The van der Waals surface area contributed by atoms with E-state index in [0.717, 1.165) is 11.1 Å². The van der Waals surface area contributed by atoms with Crippen LogP contribution in [0.5, 0.6) is 11.5 Å². The summed E-state index contributed by atoms with van der Waals surface area (Å²) in [5.41, 5.74) is 1.87. The highest BCUT2D eigenvalue weighted by Crippen LogP contribution is 2.34. The van der Waals surface area contributed by atoms with E-state index in [0.29, 0.717) is 23.2 Å². The van der Waals surface area contributed by atoms with Gasteiger partial charge in [-0.1, -0.05) is 35.5 Å². The second kappa shape index (κ2) is 7.81. The summed E-state index contributed by atoms with van der Waals surface area (Å²) in [6, 6.07) is 15.6. The van der Waals surface area contributed by atoms with Gasteiger partial charge >= 0.3 is 0 Å². The molecule has 25 heavy (non-hydrogen) atoms. The normalized spacial score (nSPS) is 12.0. The molecule has 6 nitrogen and oxygen atoms in total. The van der Waals surface area contributed by atoms with Crippen molar-refractivity contribution in [2.75, 3.05) is 14.2 Å². The van der Waals surface area contributed by atoms with Crippen molar-refractivity contribution in [1.82, 2.24) is 10.1 Å². The molecular formula is C19H20N2O4. The molecule has 0 saturated carbocycles. The summed E-state index contributed by atoms with van der Waals surface area (Å²) in [4.78, 5) is 4.28. The highest BCUT2D eigenvalue weighted by Gasteiger charge is 2.15. The molecule has 0 radical (unpaired) electrons. The third kappa shape index (κ3) is 3.97. The number of rotatable bonds is 7. The number of aromatic nitrogens is 2. The second-order valence-corrected chi connectivity index (χ2v) is 5.48. The Bertz CT molecular complexity index is 817. The predicted molar refractivity (Wildman–Crippen MR) is 92.5 cm³/mol. The van der Waals surface area contributed by atoms with Crippen LogP contribution in [0.4, 0.5) is 0 Å². The van der Waals surface area contributed by atoms with E-state index < -0.39 is 0 Å². The Morgan fingerprint density at radius 1 is 1.04 bits per heavy atom. The zero-order chi connectivity index (χ0) is 17.6. The number of hydrogen-bond acceptors (Lipinski definition) is 6. The fraction of sp³-hybridized carbons (Fsp3) is 0.263. The van der Waals surface area contributed by atoms with Crippen molar-refractivity contribution in [3.05, 3.63) is 60.0 Å². The Morgan fingerprint density at radius 2 is 1.84 bits per heavy atom. The average Bonchev–Trinajstić information content (AvgIpc) is 3.11. The molecule has 0 spiro atoms. The summed E-state index contributed by atoms with van der Waals surface area (Å²) < 4.78 is 21.6. The van der Waals surface area contributed by atoms with Gasteiger partial charge in [0.25, 0.3) is 5.89 Å². The molecule has 0 fully saturated rings. The number of nitrogens with zero attached hydrogens (tertiary/aromatic N) is 2. The number of benzene rings is 2. The van der Waals surface area contributed by atoms with E-state index in [1.807, 2.05) is 55.5 Å². The molecule has 3 rings (SSSR count). The first-order chi connectivity index (χ1) is 12.2. The van der Waals surface area contributed by atoms with Gasteiger partial charge in [0.15, 0.2) is 11.5 Å². The van der Waals surface area contributed by atoms with Crippen molar-refractivity contribution in [3.8, 4) is 22.9 Å². The molecule has 0 saturated heterocycles. The van der Waals surface area contributed by atoms with Gasteiger partial charge in [0.1, 0.15) is 12.7 Å². The Hall–Kier alpha value is -2.86. The molecule has 1 aromatic heterocycles. The Balaban J connectivity index is 1.81. The molecule has 6 heteroatoms. The molecule has 0 aliphatic carbocycles. The summed E-state index contributed by atoms with van der Waals surface area (Å²) in [5, 5.41) is 3.96. The topological polar surface area (TPSA) is 66.6 Å². The third-order valence-corrected chi connectivity index (χ3v) is 3.73. The van der Waals surface area contributed by atoms with Crippen molar-refractivity contribution in [2.24, 2.45) is 0 Å². The average molecular weight is 340 g/mol. The van der Waals surface area contributed by atoms with Gasteiger partial charge in [-0.2, -0.15) is 4.98 Å². The molecule has 0 amide bonds. The standard InChI is InChI=1S/C19H20N2O4/c1-13(14-7-5-4-6-8-14)24-16-10-9-15(11-17(16)23-3)19-20-18(12-22-2)25-21-19/h4-11,13H,12H2,1-3H3. The van der Waals surface area contributed by atoms with Gasteiger partial charge in [-0.3, -0.25) is 0 Å². The first-order valence-electron chi connectivity index (χ1n) is 7.92. The molecule has 3 aromatic rings. The van der Waals surface area contributed by atoms with Crippen LogP contribution in [0.2, 0.25) is 0 Å². The van der Waals surface area contributed by atoms with Crippen molar-refractivity contribution in [1.29, 1.82) is 0 Å². The van der Waals surface area contributed by atoms with E-state index in [1.54, 1.807) is 14.2 Å². The van der Waals surface area contributed by atoms with Gasteiger partial charge < -0.3 is 18.7 Å². The zero-order valence-electron chi connectivity index (χ0n) is 14.4. The number of hydrogen-bond donors (Lipinski definition) is 0. The fourth-order valence-corrected chi connectivity index (χ4v) is 2.44. The summed E-state index contributed by atoms with van der Waals surface area (Å²) in [6.07, 6.45) is -0.0977. The van der Waals surface area contributed by atoms with Crippen LogP contribution in [0, 0.1) is 0 Å². The lowest BCUT2D eigenvalue weighted by atomic mass is 10.1. The van der Waals surface area contributed by atoms with Gasteiger partial charge in [-0.15, -0.1) is 0 Å². The van der Waals surface area contributed by atoms with E-state index in [1.165, 1.54) is 0 Å². The highest BCUT2D eigenvalue weighted by molar-refractivity contribution is 5.60. The van der Waals surface area contributed by atoms with Crippen LogP contribution < -0.4 is 9.47 Å². The van der Waals surface area contributed by atoms with E-state index in [2.05, 4.69) is 10.1 Å². The predicted octanol–water partition coefficient (Wildman–Crippen LogP) is 4.03. The minimum Gasteiger partial charge on any atom is -0.493 e.